The monoisotopic (exact) mass is 394 g/mol. The van der Waals surface area contributed by atoms with E-state index in [2.05, 4.69) is 27.7 Å². The fourth-order valence-corrected chi connectivity index (χ4v) is 3.61. The Morgan fingerprint density at radius 2 is 1.61 bits per heavy atom. The molecular weight excluding hydrogens is 368 g/mol. The van der Waals surface area contributed by atoms with Crippen molar-refractivity contribution in [3.8, 4) is 11.3 Å². The van der Waals surface area contributed by atoms with Gasteiger partial charge in [0, 0.05) is 28.1 Å². The molecule has 3 rings (SSSR count). The fourth-order valence-electron chi connectivity index (χ4n) is 3.49. The third kappa shape index (κ3) is 4.05. The van der Waals surface area contributed by atoms with Gasteiger partial charge in [-0.3, -0.25) is 4.79 Å². The molecule has 0 radical (unpaired) electrons. The number of carbonyl (C=O) groups is 1. The van der Waals surface area contributed by atoms with Crippen LogP contribution < -0.4 is 0 Å². The minimum absolute atomic E-state index is 0.0671. The minimum Gasteiger partial charge on any atom is -0.333 e. The van der Waals surface area contributed by atoms with Crippen LogP contribution >= 0.6 is 11.6 Å². The highest BCUT2D eigenvalue weighted by Crippen LogP contribution is 2.28. The molecule has 0 N–H and O–H groups in total. The van der Waals surface area contributed by atoms with Gasteiger partial charge in [-0.15, -0.1) is 0 Å². The van der Waals surface area contributed by atoms with Crippen LogP contribution in [0.1, 0.15) is 50.9 Å². The number of amides is 1. The topological polar surface area (TPSA) is 33.2 Å². The van der Waals surface area contributed by atoms with Gasteiger partial charge in [-0.2, -0.15) is 0 Å². The number of nitrogens with zero attached hydrogens (tertiary/aromatic N) is 2. The lowest BCUT2D eigenvalue weighted by atomic mass is 10.0. The summed E-state index contributed by atoms with van der Waals surface area (Å²) in [5.41, 5.74) is 3.26. The molecule has 0 saturated heterocycles. The number of benzene rings is 2. The molecule has 2 atom stereocenters. The molecular formula is C24H27ClN2O. The normalized spacial score (nSPS) is 13.3. The van der Waals surface area contributed by atoms with Crippen LogP contribution in [0.3, 0.4) is 0 Å². The van der Waals surface area contributed by atoms with Crippen LogP contribution in [0.4, 0.5) is 0 Å². The average molecular weight is 395 g/mol. The summed E-state index contributed by atoms with van der Waals surface area (Å²) < 4.78 is 0. The number of fused-ring (bicyclic) bond motifs is 1. The maximum absolute atomic E-state index is 13.7. The molecule has 28 heavy (non-hydrogen) atoms. The van der Waals surface area contributed by atoms with Crippen LogP contribution in [0.2, 0.25) is 5.02 Å². The zero-order chi connectivity index (χ0) is 20.3. The van der Waals surface area contributed by atoms with Crippen LogP contribution in [-0.4, -0.2) is 27.9 Å². The maximum Gasteiger partial charge on any atom is 0.255 e. The molecule has 3 aromatic rings. The molecule has 4 heteroatoms. The first kappa shape index (κ1) is 20.3. The van der Waals surface area contributed by atoms with E-state index >= 15 is 0 Å². The second-order valence-electron chi connectivity index (χ2n) is 7.31. The fraction of sp³-hybridized carbons (Fsp3) is 0.333. The Bertz CT molecular complexity index is 958. The Morgan fingerprint density at radius 1 is 1.00 bits per heavy atom. The van der Waals surface area contributed by atoms with Crippen LogP contribution in [0.15, 0.2) is 54.6 Å². The molecule has 0 aliphatic rings. The highest BCUT2D eigenvalue weighted by Gasteiger charge is 2.26. The Kier molecular flexibility index (Phi) is 6.35. The first-order valence-electron chi connectivity index (χ1n) is 9.94. The number of carbonyl (C=O) groups excluding carboxylic acids is 1. The molecule has 0 aliphatic carbocycles. The molecule has 3 nitrogen and oxygen atoms in total. The summed E-state index contributed by atoms with van der Waals surface area (Å²) in [4.78, 5) is 20.5. The number of aromatic nitrogens is 1. The highest BCUT2D eigenvalue weighted by molar-refractivity contribution is 6.30. The summed E-state index contributed by atoms with van der Waals surface area (Å²) in [6.45, 7) is 8.48. The van der Waals surface area contributed by atoms with E-state index in [4.69, 9.17) is 16.6 Å². The van der Waals surface area contributed by atoms with E-state index < -0.39 is 0 Å². The summed E-state index contributed by atoms with van der Waals surface area (Å²) in [6.07, 6.45) is 1.84. The van der Waals surface area contributed by atoms with Gasteiger partial charge in [-0.1, -0.05) is 55.8 Å². The maximum atomic E-state index is 13.7. The number of rotatable bonds is 6. The van der Waals surface area contributed by atoms with Crippen LogP contribution in [-0.2, 0) is 0 Å². The van der Waals surface area contributed by atoms with Crippen molar-refractivity contribution >= 4 is 28.4 Å². The molecule has 146 valence electrons. The number of hydrogen-bond acceptors (Lipinski definition) is 2. The Balaban J connectivity index is 2.18. The van der Waals surface area contributed by atoms with Gasteiger partial charge in [-0.05, 0) is 51.0 Å². The number of hydrogen-bond donors (Lipinski definition) is 0. The highest BCUT2D eigenvalue weighted by atomic mass is 35.5. The summed E-state index contributed by atoms with van der Waals surface area (Å²) in [5.74, 6) is 0.0671. The van der Waals surface area contributed by atoms with Crippen molar-refractivity contribution in [1.82, 2.24) is 9.88 Å². The standard InChI is InChI=1S/C24H27ClN2O/c1-5-16(3)27(17(4)6-2)24(28)21-15-23(18-11-13-19(25)14-12-18)26-22-10-8-7-9-20(21)22/h7-17H,5-6H2,1-4H3/t16-,17+. The number of halogens is 1. The van der Waals surface area contributed by atoms with Crippen molar-refractivity contribution in [3.05, 3.63) is 65.2 Å². The van der Waals surface area contributed by atoms with E-state index in [9.17, 15) is 4.79 Å². The smallest absolute Gasteiger partial charge is 0.255 e. The van der Waals surface area contributed by atoms with Crippen molar-refractivity contribution in [2.24, 2.45) is 0 Å². The van der Waals surface area contributed by atoms with Gasteiger partial charge in [0.2, 0.25) is 0 Å². The predicted molar refractivity (Wildman–Crippen MR) is 118 cm³/mol. The van der Waals surface area contributed by atoms with Gasteiger partial charge >= 0.3 is 0 Å². The molecule has 1 amide bonds. The second kappa shape index (κ2) is 8.74. The van der Waals surface area contributed by atoms with Crippen molar-refractivity contribution in [2.75, 3.05) is 0 Å². The van der Waals surface area contributed by atoms with Crippen LogP contribution in [0.25, 0.3) is 22.2 Å². The molecule has 0 fully saturated rings. The van der Waals surface area contributed by atoms with Crippen molar-refractivity contribution in [3.63, 3.8) is 0 Å². The third-order valence-electron chi connectivity index (χ3n) is 5.45. The van der Waals surface area contributed by atoms with Crippen molar-refractivity contribution in [1.29, 1.82) is 0 Å². The van der Waals surface area contributed by atoms with E-state index in [0.717, 1.165) is 35.0 Å². The minimum atomic E-state index is 0.0671. The average Bonchev–Trinajstić information content (AvgIpc) is 2.73. The number of para-hydroxylation sites is 1. The largest absolute Gasteiger partial charge is 0.333 e. The number of pyridine rings is 1. The summed E-state index contributed by atoms with van der Waals surface area (Å²) in [5, 5.41) is 1.57. The summed E-state index contributed by atoms with van der Waals surface area (Å²) in [6, 6.07) is 17.7. The lowest BCUT2D eigenvalue weighted by Gasteiger charge is -2.34. The van der Waals surface area contributed by atoms with E-state index in [1.807, 2.05) is 59.5 Å². The molecule has 0 unspecified atom stereocenters. The second-order valence-corrected chi connectivity index (χ2v) is 7.74. The summed E-state index contributed by atoms with van der Waals surface area (Å²) >= 11 is 6.04. The van der Waals surface area contributed by atoms with Gasteiger partial charge in [0.1, 0.15) is 0 Å². The molecule has 0 saturated carbocycles. The Hall–Kier alpha value is -2.39. The van der Waals surface area contributed by atoms with Gasteiger partial charge in [-0.25, -0.2) is 4.98 Å². The molecule has 2 aromatic carbocycles. The zero-order valence-electron chi connectivity index (χ0n) is 16.9. The first-order valence-corrected chi connectivity index (χ1v) is 10.3. The first-order chi connectivity index (χ1) is 13.5. The van der Waals surface area contributed by atoms with E-state index in [1.54, 1.807) is 0 Å². The van der Waals surface area contributed by atoms with E-state index in [0.29, 0.717) is 10.6 Å². The van der Waals surface area contributed by atoms with E-state index in [-0.39, 0.29) is 18.0 Å². The Labute approximate surface area is 172 Å². The SMILES string of the molecule is CC[C@@H](C)N(C(=O)c1cc(-c2ccc(Cl)cc2)nc2ccccc12)[C@@H](C)CC. The van der Waals surface area contributed by atoms with Gasteiger partial charge in [0.15, 0.2) is 0 Å². The van der Waals surface area contributed by atoms with E-state index in [1.165, 1.54) is 0 Å². The third-order valence-corrected chi connectivity index (χ3v) is 5.70. The van der Waals surface area contributed by atoms with Gasteiger partial charge in [0.05, 0.1) is 16.8 Å². The summed E-state index contributed by atoms with van der Waals surface area (Å²) in [7, 11) is 0. The lowest BCUT2D eigenvalue weighted by Crippen LogP contribution is -2.44. The molecule has 0 bridgehead atoms. The Morgan fingerprint density at radius 3 is 2.21 bits per heavy atom. The molecule has 1 heterocycles. The van der Waals surface area contributed by atoms with Gasteiger partial charge < -0.3 is 4.90 Å². The van der Waals surface area contributed by atoms with Crippen molar-refractivity contribution in [2.45, 2.75) is 52.6 Å². The lowest BCUT2D eigenvalue weighted by molar-refractivity contribution is 0.0600. The van der Waals surface area contributed by atoms with Gasteiger partial charge in [0.25, 0.3) is 5.91 Å². The predicted octanol–water partition coefficient (Wildman–Crippen LogP) is 6.59. The van der Waals surface area contributed by atoms with Crippen LogP contribution in [0.5, 0.6) is 0 Å². The molecule has 0 spiro atoms. The molecule has 1 aromatic heterocycles. The van der Waals surface area contributed by atoms with Crippen molar-refractivity contribution < 1.29 is 4.79 Å². The quantitative estimate of drug-likeness (QED) is 0.472. The molecule has 0 aliphatic heterocycles. The van der Waals surface area contributed by atoms with Crippen LogP contribution in [0, 0.1) is 0 Å². The zero-order valence-corrected chi connectivity index (χ0v) is 17.7.